The van der Waals surface area contributed by atoms with E-state index in [2.05, 4.69) is 25.6 Å². The molecule has 0 radical (unpaired) electrons. The summed E-state index contributed by atoms with van der Waals surface area (Å²) in [5.74, 6) is -0.275. The molecule has 0 spiro atoms. The lowest BCUT2D eigenvalue weighted by molar-refractivity contribution is 0.102. The third kappa shape index (κ3) is 4.03. The van der Waals surface area contributed by atoms with E-state index in [9.17, 15) is 9.59 Å². The van der Waals surface area contributed by atoms with Crippen molar-refractivity contribution in [3.8, 4) is 11.3 Å². The molecule has 0 aliphatic rings. The number of carbonyl (C=O) groups is 2. The Kier molecular flexibility index (Phi) is 4.75. The minimum atomic E-state index is -0.591. The van der Waals surface area contributed by atoms with Crippen molar-refractivity contribution in [2.45, 2.75) is 0 Å². The zero-order valence-electron chi connectivity index (χ0n) is 13.4. The van der Waals surface area contributed by atoms with Gasteiger partial charge in [-0.15, -0.1) is 0 Å². The number of aromatic amines is 1. The molecular weight excluding hydrogens is 320 g/mol. The van der Waals surface area contributed by atoms with Crippen LogP contribution in [0.4, 0.5) is 16.2 Å². The van der Waals surface area contributed by atoms with Gasteiger partial charge >= 0.3 is 6.09 Å². The Labute approximate surface area is 144 Å². The van der Waals surface area contributed by atoms with Crippen LogP contribution in [0.5, 0.6) is 0 Å². The second kappa shape index (κ2) is 7.31. The van der Waals surface area contributed by atoms with Crippen molar-refractivity contribution < 1.29 is 14.3 Å². The number of aromatic nitrogens is 2. The first-order chi connectivity index (χ1) is 12.2. The van der Waals surface area contributed by atoms with Crippen LogP contribution in [-0.2, 0) is 4.74 Å². The van der Waals surface area contributed by atoms with Crippen LogP contribution in [0.15, 0.2) is 60.8 Å². The van der Waals surface area contributed by atoms with E-state index < -0.39 is 6.09 Å². The van der Waals surface area contributed by atoms with E-state index in [1.165, 1.54) is 7.11 Å². The van der Waals surface area contributed by atoms with Gasteiger partial charge < -0.3 is 10.1 Å². The quantitative estimate of drug-likeness (QED) is 0.679. The second-order valence-electron chi connectivity index (χ2n) is 5.20. The lowest BCUT2D eigenvalue weighted by Crippen LogP contribution is -2.14. The van der Waals surface area contributed by atoms with Crippen molar-refractivity contribution >= 4 is 23.4 Å². The molecule has 3 N–H and O–H groups in total. The molecule has 2 amide bonds. The first-order valence-electron chi connectivity index (χ1n) is 7.52. The van der Waals surface area contributed by atoms with Crippen LogP contribution in [0, 0.1) is 0 Å². The van der Waals surface area contributed by atoms with Gasteiger partial charge in [-0.3, -0.25) is 15.2 Å². The SMILES string of the molecule is COC(=O)Nc1cccc(C(=O)Nc2ccc(-c3ccn[nH]3)cc2)c1. The largest absolute Gasteiger partial charge is 0.453 e. The molecule has 7 nitrogen and oxygen atoms in total. The fourth-order valence-electron chi connectivity index (χ4n) is 2.26. The Balaban J connectivity index is 1.69. The van der Waals surface area contributed by atoms with Crippen LogP contribution < -0.4 is 10.6 Å². The molecule has 7 heteroatoms. The predicted molar refractivity (Wildman–Crippen MR) is 94.4 cm³/mol. The average molecular weight is 336 g/mol. The van der Waals surface area contributed by atoms with Crippen molar-refractivity contribution in [2.75, 3.05) is 17.7 Å². The number of H-pyrrole nitrogens is 1. The number of hydrogen-bond donors (Lipinski definition) is 3. The van der Waals surface area contributed by atoms with E-state index in [0.29, 0.717) is 16.9 Å². The van der Waals surface area contributed by atoms with E-state index in [1.54, 1.807) is 30.5 Å². The summed E-state index contributed by atoms with van der Waals surface area (Å²) in [5.41, 5.74) is 3.44. The Morgan fingerprint density at radius 2 is 1.80 bits per heavy atom. The average Bonchev–Trinajstić information content (AvgIpc) is 3.17. The normalized spacial score (nSPS) is 10.1. The Morgan fingerprint density at radius 1 is 1.00 bits per heavy atom. The van der Waals surface area contributed by atoms with Gasteiger partial charge in [-0.1, -0.05) is 18.2 Å². The van der Waals surface area contributed by atoms with Crippen molar-refractivity contribution in [1.82, 2.24) is 10.2 Å². The van der Waals surface area contributed by atoms with E-state index in [1.807, 2.05) is 30.3 Å². The molecule has 3 aromatic rings. The number of nitrogens with zero attached hydrogens (tertiary/aromatic N) is 1. The highest BCUT2D eigenvalue weighted by Gasteiger charge is 2.09. The van der Waals surface area contributed by atoms with E-state index in [4.69, 9.17) is 0 Å². The zero-order chi connectivity index (χ0) is 17.6. The zero-order valence-corrected chi connectivity index (χ0v) is 13.4. The summed E-state index contributed by atoms with van der Waals surface area (Å²) in [6.07, 6.45) is 1.09. The van der Waals surface area contributed by atoms with Crippen LogP contribution in [0.3, 0.4) is 0 Å². The maximum absolute atomic E-state index is 12.4. The number of anilines is 2. The summed E-state index contributed by atoms with van der Waals surface area (Å²) in [4.78, 5) is 23.6. The first-order valence-corrected chi connectivity index (χ1v) is 7.52. The molecule has 0 aliphatic heterocycles. The first kappa shape index (κ1) is 16.3. The van der Waals surface area contributed by atoms with Gasteiger partial charge in [0, 0.05) is 23.1 Å². The van der Waals surface area contributed by atoms with Crippen molar-refractivity contribution in [2.24, 2.45) is 0 Å². The topological polar surface area (TPSA) is 96.1 Å². The van der Waals surface area contributed by atoms with Gasteiger partial charge in [-0.25, -0.2) is 4.79 Å². The third-order valence-electron chi connectivity index (χ3n) is 3.51. The molecule has 0 unspecified atom stereocenters. The summed E-state index contributed by atoms with van der Waals surface area (Å²) in [6, 6.07) is 15.9. The smallest absolute Gasteiger partial charge is 0.411 e. The number of rotatable bonds is 4. The Morgan fingerprint density at radius 3 is 2.48 bits per heavy atom. The number of carbonyl (C=O) groups excluding carboxylic acids is 2. The number of nitrogens with one attached hydrogen (secondary N) is 3. The van der Waals surface area contributed by atoms with Gasteiger partial charge in [0.2, 0.25) is 0 Å². The molecule has 0 atom stereocenters. The fourth-order valence-corrected chi connectivity index (χ4v) is 2.26. The standard InChI is InChI=1S/C18H16N4O3/c1-25-18(24)21-15-4-2-3-13(11-15)17(23)20-14-7-5-12(6-8-14)16-9-10-19-22-16/h2-11H,1H3,(H,19,22)(H,20,23)(H,21,24). The number of amides is 2. The van der Waals surface area contributed by atoms with Gasteiger partial charge in [0.05, 0.1) is 12.8 Å². The number of ether oxygens (including phenoxy) is 1. The molecule has 1 aromatic heterocycles. The summed E-state index contributed by atoms with van der Waals surface area (Å²) < 4.78 is 4.53. The molecule has 1 heterocycles. The molecule has 0 saturated heterocycles. The van der Waals surface area contributed by atoms with Crippen LogP contribution in [0.1, 0.15) is 10.4 Å². The molecule has 0 saturated carbocycles. The summed E-state index contributed by atoms with van der Waals surface area (Å²) >= 11 is 0. The minimum absolute atomic E-state index is 0.275. The molecule has 25 heavy (non-hydrogen) atoms. The lowest BCUT2D eigenvalue weighted by atomic mass is 10.1. The number of methoxy groups -OCH3 is 1. The van der Waals surface area contributed by atoms with Crippen molar-refractivity contribution in [1.29, 1.82) is 0 Å². The summed E-state index contributed by atoms with van der Waals surface area (Å²) in [5, 5.41) is 12.1. The van der Waals surface area contributed by atoms with Crippen molar-refractivity contribution in [3.05, 3.63) is 66.4 Å². The van der Waals surface area contributed by atoms with E-state index in [-0.39, 0.29) is 5.91 Å². The lowest BCUT2D eigenvalue weighted by Gasteiger charge is -2.08. The van der Waals surface area contributed by atoms with Crippen LogP contribution in [0.2, 0.25) is 0 Å². The summed E-state index contributed by atoms with van der Waals surface area (Å²) in [6.45, 7) is 0. The van der Waals surface area contributed by atoms with Crippen LogP contribution in [0.25, 0.3) is 11.3 Å². The Hall–Kier alpha value is -3.61. The predicted octanol–water partition coefficient (Wildman–Crippen LogP) is 3.51. The highest BCUT2D eigenvalue weighted by atomic mass is 16.5. The van der Waals surface area contributed by atoms with Gasteiger partial charge in [0.25, 0.3) is 5.91 Å². The molecule has 3 rings (SSSR count). The summed E-state index contributed by atoms with van der Waals surface area (Å²) in [7, 11) is 1.28. The van der Waals surface area contributed by atoms with E-state index >= 15 is 0 Å². The molecule has 0 fully saturated rings. The molecular formula is C18H16N4O3. The molecule has 2 aromatic carbocycles. The van der Waals surface area contributed by atoms with Crippen LogP contribution >= 0.6 is 0 Å². The minimum Gasteiger partial charge on any atom is -0.453 e. The third-order valence-corrected chi connectivity index (χ3v) is 3.51. The maximum Gasteiger partial charge on any atom is 0.411 e. The van der Waals surface area contributed by atoms with Gasteiger partial charge in [-0.05, 0) is 42.0 Å². The van der Waals surface area contributed by atoms with Gasteiger partial charge in [0.1, 0.15) is 0 Å². The van der Waals surface area contributed by atoms with Crippen molar-refractivity contribution in [3.63, 3.8) is 0 Å². The van der Waals surface area contributed by atoms with E-state index in [0.717, 1.165) is 11.3 Å². The van der Waals surface area contributed by atoms with Gasteiger partial charge in [0.15, 0.2) is 0 Å². The molecule has 0 aliphatic carbocycles. The second-order valence-corrected chi connectivity index (χ2v) is 5.20. The van der Waals surface area contributed by atoms with Gasteiger partial charge in [-0.2, -0.15) is 5.10 Å². The Bertz CT molecular complexity index is 874. The monoisotopic (exact) mass is 336 g/mol. The number of hydrogen-bond acceptors (Lipinski definition) is 4. The fraction of sp³-hybridized carbons (Fsp3) is 0.0556. The maximum atomic E-state index is 12.4. The molecule has 0 bridgehead atoms. The number of benzene rings is 2. The highest BCUT2D eigenvalue weighted by Crippen LogP contribution is 2.20. The highest BCUT2D eigenvalue weighted by molar-refractivity contribution is 6.05. The van der Waals surface area contributed by atoms with Crippen LogP contribution in [-0.4, -0.2) is 29.3 Å². The molecule has 126 valence electrons.